The molecule has 0 fully saturated rings. The Labute approximate surface area is 120 Å². The Balaban J connectivity index is 2.46. The lowest BCUT2D eigenvalue weighted by molar-refractivity contribution is 0.103. The number of carbonyl (C=O) groups excluding carboxylic acids is 1. The van der Waals surface area contributed by atoms with Crippen LogP contribution in [0.2, 0.25) is 10.0 Å². The molecule has 0 aliphatic carbocycles. The summed E-state index contributed by atoms with van der Waals surface area (Å²) < 4.78 is 5.08. The van der Waals surface area contributed by atoms with E-state index in [0.29, 0.717) is 32.6 Å². The summed E-state index contributed by atoms with van der Waals surface area (Å²) in [7, 11) is 1.53. The number of anilines is 1. The molecule has 0 saturated carbocycles. The van der Waals surface area contributed by atoms with Crippen molar-refractivity contribution in [2.75, 3.05) is 12.8 Å². The number of hydrogen-bond acceptors (Lipinski definition) is 3. The van der Waals surface area contributed by atoms with E-state index in [-0.39, 0.29) is 5.78 Å². The second kappa shape index (κ2) is 5.51. The van der Waals surface area contributed by atoms with Crippen molar-refractivity contribution in [3.05, 3.63) is 57.6 Å². The minimum Gasteiger partial charge on any atom is -0.497 e. The summed E-state index contributed by atoms with van der Waals surface area (Å²) in [5.41, 5.74) is 7.00. The molecule has 3 nitrogen and oxygen atoms in total. The molecule has 0 aliphatic rings. The first kappa shape index (κ1) is 13.7. The van der Waals surface area contributed by atoms with Gasteiger partial charge in [0.15, 0.2) is 5.78 Å². The second-order valence-electron chi connectivity index (χ2n) is 3.91. The average Bonchev–Trinajstić information content (AvgIpc) is 2.41. The van der Waals surface area contributed by atoms with E-state index in [1.165, 1.54) is 13.2 Å². The molecule has 0 heterocycles. The molecule has 0 spiro atoms. The monoisotopic (exact) mass is 295 g/mol. The maximum absolute atomic E-state index is 12.4. The van der Waals surface area contributed by atoms with E-state index in [9.17, 15) is 4.79 Å². The number of rotatable bonds is 3. The van der Waals surface area contributed by atoms with Crippen molar-refractivity contribution < 1.29 is 9.53 Å². The standard InChI is InChI=1S/C14H11Cl2NO2/c1-19-9-3-5-13(17)10(7-9)14(18)8-2-4-11(15)12(16)6-8/h2-7H,17H2,1H3. The van der Waals surface area contributed by atoms with Gasteiger partial charge in [-0.1, -0.05) is 23.2 Å². The third kappa shape index (κ3) is 2.83. The van der Waals surface area contributed by atoms with Crippen molar-refractivity contribution in [2.24, 2.45) is 0 Å². The van der Waals surface area contributed by atoms with E-state index in [4.69, 9.17) is 33.7 Å². The van der Waals surface area contributed by atoms with Crippen molar-refractivity contribution >= 4 is 34.7 Å². The van der Waals surface area contributed by atoms with Crippen LogP contribution in [0, 0.1) is 0 Å². The molecule has 2 aromatic carbocycles. The average molecular weight is 296 g/mol. The van der Waals surface area contributed by atoms with Gasteiger partial charge in [-0.25, -0.2) is 0 Å². The van der Waals surface area contributed by atoms with Crippen LogP contribution in [-0.2, 0) is 0 Å². The third-order valence-electron chi connectivity index (χ3n) is 2.69. The van der Waals surface area contributed by atoms with E-state index in [1.807, 2.05) is 0 Å². The Hall–Kier alpha value is -1.71. The summed E-state index contributed by atoms with van der Waals surface area (Å²) in [5, 5.41) is 0.728. The maximum atomic E-state index is 12.4. The van der Waals surface area contributed by atoms with Crippen molar-refractivity contribution in [3.63, 3.8) is 0 Å². The molecule has 0 saturated heterocycles. The smallest absolute Gasteiger partial charge is 0.195 e. The lowest BCUT2D eigenvalue weighted by Gasteiger charge is -2.08. The summed E-state index contributed by atoms with van der Waals surface area (Å²) in [5.74, 6) is 0.340. The minimum atomic E-state index is -0.227. The van der Waals surface area contributed by atoms with Crippen LogP contribution in [-0.4, -0.2) is 12.9 Å². The molecule has 0 aromatic heterocycles. The van der Waals surface area contributed by atoms with Gasteiger partial charge in [0.25, 0.3) is 0 Å². The van der Waals surface area contributed by atoms with Crippen LogP contribution in [0.15, 0.2) is 36.4 Å². The van der Waals surface area contributed by atoms with Crippen LogP contribution in [0.5, 0.6) is 5.75 Å². The highest BCUT2D eigenvalue weighted by Gasteiger charge is 2.14. The summed E-state index contributed by atoms with van der Waals surface area (Å²) in [4.78, 5) is 12.4. The van der Waals surface area contributed by atoms with Gasteiger partial charge in [-0.3, -0.25) is 4.79 Å². The van der Waals surface area contributed by atoms with Gasteiger partial charge in [-0.2, -0.15) is 0 Å². The zero-order valence-electron chi connectivity index (χ0n) is 10.1. The number of nitrogen functional groups attached to an aromatic ring is 1. The lowest BCUT2D eigenvalue weighted by Crippen LogP contribution is -2.05. The molecule has 19 heavy (non-hydrogen) atoms. The first-order valence-corrected chi connectivity index (χ1v) is 6.22. The first-order valence-electron chi connectivity index (χ1n) is 5.46. The van der Waals surface area contributed by atoms with Crippen LogP contribution in [0.4, 0.5) is 5.69 Å². The van der Waals surface area contributed by atoms with Crippen molar-refractivity contribution in [2.45, 2.75) is 0 Å². The molecule has 2 N–H and O–H groups in total. The van der Waals surface area contributed by atoms with E-state index in [0.717, 1.165) is 0 Å². The topological polar surface area (TPSA) is 52.3 Å². The first-order chi connectivity index (χ1) is 9.02. The van der Waals surface area contributed by atoms with Gasteiger partial charge in [-0.15, -0.1) is 0 Å². The number of carbonyl (C=O) groups is 1. The van der Waals surface area contributed by atoms with Crippen LogP contribution in [0.25, 0.3) is 0 Å². The SMILES string of the molecule is COc1ccc(N)c(C(=O)c2ccc(Cl)c(Cl)c2)c1. The molecular formula is C14H11Cl2NO2. The summed E-state index contributed by atoms with van der Waals surface area (Å²) in [6, 6.07) is 9.62. The fourth-order valence-electron chi connectivity index (χ4n) is 1.65. The number of methoxy groups -OCH3 is 1. The van der Waals surface area contributed by atoms with E-state index >= 15 is 0 Å². The van der Waals surface area contributed by atoms with E-state index in [2.05, 4.69) is 0 Å². The molecule has 98 valence electrons. The molecule has 2 rings (SSSR count). The molecule has 2 aromatic rings. The molecular weight excluding hydrogens is 285 g/mol. The molecule has 0 atom stereocenters. The Morgan fingerprint density at radius 2 is 1.84 bits per heavy atom. The van der Waals surface area contributed by atoms with Crippen molar-refractivity contribution in [1.82, 2.24) is 0 Å². The quantitative estimate of drug-likeness (QED) is 0.692. The van der Waals surface area contributed by atoms with Crippen LogP contribution >= 0.6 is 23.2 Å². The largest absolute Gasteiger partial charge is 0.497 e. The number of halogens is 2. The molecule has 0 unspecified atom stereocenters. The molecule has 0 radical (unpaired) electrons. The van der Waals surface area contributed by atoms with Gasteiger partial charge in [0.2, 0.25) is 0 Å². The number of ketones is 1. The van der Waals surface area contributed by atoms with Crippen molar-refractivity contribution in [1.29, 1.82) is 0 Å². The number of hydrogen-bond donors (Lipinski definition) is 1. The molecule has 5 heteroatoms. The normalized spacial score (nSPS) is 10.3. The number of benzene rings is 2. The highest BCUT2D eigenvalue weighted by molar-refractivity contribution is 6.42. The highest BCUT2D eigenvalue weighted by Crippen LogP contribution is 2.26. The Morgan fingerprint density at radius 3 is 2.47 bits per heavy atom. The summed E-state index contributed by atoms with van der Waals surface area (Å²) in [6.07, 6.45) is 0. The van der Waals surface area contributed by atoms with Gasteiger partial charge in [0, 0.05) is 16.8 Å². The molecule has 0 aliphatic heterocycles. The summed E-state index contributed by atoms with van der Waals surface area (Å²) in [6.45, 7) is 0. The molecule has 0 bridgehead atoms. The van der Waals surface area contributed by atoms with Gasteiger partial charge < -0.3 is 10.5 Å². The fraction of sp³-hybridized carbons (Fsp3) is 0.0714. The fourth-order valence-corrected chi connectivity index (χ4v) is 1.95. The number of nitrogens with two attached hydrogens (primary N) is 1. The Morgan fingerprint density at radius 1 is 1.11 bits per heavy atom. The van der Waals surface area contributed by atoms with Crippen molar-refractivity contribution in [3.8, 4) is 5.75 Å². The zero-order chi connectivity index (χ0) is 14.0. The zero-order valence-corrected chi connectivity index (χ0v) is 11.6. The van der Waals surface area contributed by atoms with Gasteiger partial charge >= 0.3 is 0 Å². The van der Waals surface area contributed by atoms with Crippen LogP contribution < -0.4 is 10.5 Å². The Kier molecular flexibility index (Phi) is 3.98. The minimum absolute atomic E-state index is 0.227. The van der Waals surface area contributed by atoms with E-state index in [1.54, 1.807) is 30.3 Å². The Bertz CT molecular complexity index is 641. The second-order valence-corrected chi connectivity index (χ2v) is 4.73. The summed E-state index contributed by atoms with van der Waals surface area (Å²) >= 11 is 11.7. The molecule has 0 amide bonds. The van der Waals surface area contributed by atoms with E-state index < -0.39 is 0 Å². The van der Waals surface area contributed by atoms with Crippen LogP contribution in [0.3, 0.4) is 0 Å². The van der Waals surface area contributed by atoms with Gasteiger partial charge in [0.1, 0.15) is 5.75 Å². The third-order valence-corrected chi connectivity index (χ3v) is 3.43. The maximum Gasteiger partial charge on any atom is 0.195 e. The predicted octanol–water partition coefficient (Wildman–Crippen LogP) is 3.82. The number of ether oxygens (including phenoxy) is 1. The van der Waals surface area contributed by atoms with Gasteiger partial charge in [-0.05, 0) is 36.4 Å². The van der Waals surface area contributed by atoms with Gasteiger partial charge in [0.05, 0.1) is 17.2 Å². The highest BCUT2D eigenvalue weighted by atomic mass is 35.5. The predicted molar refractivity (Wildman–Crippen MR) is 77.3 cm³/mol. The lowest BCUT2D eigenvalue weighted by atomic mass is 10.0. The van der Waals surface area contributed by atoms with Crippen LogP contribution in [0.1, 0.15) is 15.9 Å².